The highest BCUT2D eigenvalue weighted by molar-refractivity contribution is 6.05. The highest BCUT2D eigenvalue weighted by Crippen LogP contribution is 2.49. The number of rotatable bonds is 5. The zero-order chi connectivity index (χ0) is 25.6. The van der Waals surface area contributed by atoms with Crippen LogP contribution >= 0.6 is 0 Å². The zero-order valence-corrected chi connectivity index (χ0v) is 19.4. The summed E-state index contributed by atoms with van der Waals surface area (Å²) in [4.78, 5) is 23.2. The lowest BCUT2D eigenvalue weighted by atomic mass is 9.77. The standard InChI is InChI=1S/C23H28F5N3O4/c1-20(21(2,33)31-7-3-4-8-34-31)6-5-17(12-20)29-19(32)22(23(26,27)28)13-18(30-35-22)14-9-15(24)11-16(25)10-14/h9-11,17,33H,3-8,12-13H2,1-2H3,(H,29,32)/t17-,20-,21?,22?/m0/s1. The predicted molar refractivity (Wildman–Crippen MR) is 114 cm³/mol. The second-order valence-corrected chi connectivity index (χ2v) is 9.93. The molecule has 1 amide bonds. The Balaban J connectivity index is 1.49. The van der Waals surface area contributed by atoms with Crippen molar-refractivity contribution in [3.63, 3.8) is 0 Å². The van der Waals surface area contributed by atoms with Gasteiger partial charge in [-0.25, -0.2) is 8.78 Å². The molecule has 2 fully saturated rings. The predicted octanol–water partition coefficient (Wildman–Crippen LogP) is 3.80. The average Bonchev–Trinajstić information content (AvgIpc) is 3.40. The summed E-state index contributed by atoms with van der Waals surface area (Å²) in [6.07, 6.45) is -3.48. The summed E-state index contributed by atoms with van der Waals surface area (Å²) in [7, 11) is 0. The molecule has 7 nitrogen and oxygen atoms in total. The third-order valence-electron chi connectivity index (χ3n) is 7.46. The lowest BCUT2D eigenvalue weighted by molar-refractivity contribution is -0.334. The van der Waals surface area contributed by atoms with Gasteiger partial charge in [-0.05, 0) is 51.2 Å². The Hall–Kier alpha value is -2.31. The maximum atomic E-state index is 14.1. The molecule has 12 heteroatoms. The van der Waals surface area contributed by atoms with Gasteiger partial charge in [0.1, 0.15) is 17.4 Å². The molecule has 1 aliphatic carbocycles. The second-order valence-electron chi connectivity index (χ2n) is 9.93. The monoisotopic (exact) mass is 505 g/mol. The normalized spacial score (nSPS) is 31.5. The molecule has 0 bridgehead atoms. The number of amides is 1. The van der Waals surface area contributed by atoms with E-state index in [0.29, 0.717) is 32.1 Å². The topological polar surface area (TPSA) is 83.4 Å². The molecule has 0 aromatic heterocycles. The number of nitrogens with zero attached hydrogens (tertiary/aromatic N) is 2. The quantitative estimate of drug-likeness (QED) is 0.595. The Bertz CT molecular complexity index is 991. The Morgan fingerprint density at radius 3 is 2.51 bits per heavy atom. The van der Waals surface area contributed by atoms with Crippen molar-refractivity contribution in [2.75, 3.05) is 13.2 Å². The third-order valence-corrected chi connectivity index (χ3v) is 7.46. The van der Waals surface area contributed by atoms with Crippen LogP contribution < -0.4 is 5.32 Å². The van der Waals surface area contributed by atoms with Gasteiger partial charge in [-0.2, -0.15) is 18.2 Å². The Labute approximate surface area is 199 Å². The van der Waals surface area contributed by atoms with E-state index >= 15 is 0 Å². The van der Waals surface area contributed by atoms with Crippen molar-refractivity contribution >= 4 is 11.6 Å². The Morgan fingerprint density at radius 1 is 1.23 bits per heavy atom. The number of oxime groups is 1. The molecular formula is C23H28F5N3O4. The van der Waals surface area contributed by atoms with Crippen molar-refractivity contribution in [2.45, 2.75) is 75.9 Å². The number of carbonyl (C=O) groups excluding carboxylic acids is 1. The van der Waals surface area contributed by atoms with Crippen molar-refractivity contribution in [2.24, 2.45) is 10.6 Å². The lowest BCUT2D eigenvalue weighted by Crippen LogP contribution is -2.60. The minimum Gasteiger partial charge on any atom is -0.373 e. The summed E-state index contributed by atoms with van der Waals surface area (Å²) >= 11 is 0. The van der Waals surface area contributed by atoms with Crippen molar-refractivity contribution in [3.05, 3.63) is 35.4 Å². The third kappa shape index (κ3) is 4.63. The van der Waals surface area contributed by atoms with Crippen molar-refractivity contribution in [3.8, 4) is 0 Å². The molecule has 194 valence electrons. The second kappa shape index (κ2) is 8.97. The van der Waals surface area contributed by atoms with Crippen LogP contribution in [0.3, 0.4) is 0 Å². The van der Waals surface area contributed by atoms with Crippen LogP contribution in [0.5, 0.6) is 0 Å². The molecule has 1 saturated carbocycles. The van der Waals surface area contributed by atoms with Gasteiger partial charge in [0.15, 0.2) is 0 Å². The summed E-state index contributed by atoms with van der Waals surface area (Å²) in [5.74, 6) is -3.43. The van der Waals surface area contributed by atoms with Crippen LogP contribution in [0.15, 0.2) is 23.4 Å². The Kier molecular flexibility index (Phi) is 6.60. The van der Waals surface area contributed by atoms with Gasteiger partial charge < -0.3 is 15.3 Å². The summed E-state index contributed by atoms with van der Waals surface area (Å²) in [6.45, 7) is 4.40. The van der Waals surface area contributed by atoms with Crippen LogP contribution in [0.1, 0.15) is 57.9 Å². The van der Waals surface area contributed by atoms with E-state index in [4.69, 9.17) is 4.84 Å². The van der Waals surface area contributed by atoms with E-state index in [1.807, 2.05) is 6.92 Å². The molecule has 2 unspecified atom stereocenters. The smallest absolute Gasteiger partial charge is 0.373 e. The fourth-order valence-electron chi connectivity index (χ4n) is 5.05. The molecule has 35 heavy (non-hydrogen) atoms. The molecule has 0 spiro atoms. The number of aliphatic hydroxyl groups is 1. The molecule has 2 N–H and O–H groups in total. The average molecular weight is 505 g/mol. The SMILES string of the molecule is CC(O)(N1CCCCO1)[C@@]1(C)CC[C@H](NC(=O)C2(C(F)(F)F)CC(c3cc(F)cc(F)c3)=NO2)C1. The molecule has 4 atom stereocenters. The van der Waals surface area contributed by atoms with Crippen LogP contribution in [-0.4, -0.2) is 58.5 Å². The van der Waals surface area contributed by atoms with Crippen molar-refractivity contribution < 1.29 is 41.5 Å². The number of nitrogens with one attached hydrogen (secondary N) is 1. The largest absolute Gasteiger partial charge is 0.440 e. The van der Waals surface area contributed by atoms with Crippen LogP contribution in [0.2, 0.25) is 0 Å². The van der Waals surface area contributed by atoms with E-state index in [0.717, 1.165) is 25.0 Å². The fourth-order valence-corrected chi connectivity index (χ4v) is 5.05. The van der Waals surface area contributed by atoms with Gasteiger partial charge >= 0.3 is 11.8 Å². The Morgan fingerprint density at radius 2 is 1.91 bits per heavy atom. The van der Waals surface area contributed by atoms with Gasteiger partial charge in [0.2, 0.25) is 0 Å². The number of halogens is 5. The van der Waals surface area contributed by atoms with Crippen LogP contribution in [0, 0.1) is 17.0 Å². The molecule has 1 aromatic rings. The van der Waals surface area contributed by atoms with Crippen molar-refractivity contribution in [1.29, 1.82) is 0 Å². The molecule has 1 saturated heterocycles. The number of hydrogen-bond acceptors (Lipinski definition) is 6. The maximum Gasteiger partial charge on any atom is 0.440 e. The minimum absolute atomic E-state index is 0.211. The first-order chi connectivity index (χ1) is 16.3. The van der Waals surface area contributed by atoms with E-state index < -0.39 is 58.6 Å². The molecule has 0 radical (unpaired) electrons. The number of benzene rings is 1. The molecule has 2 heterocycles. The summed E-state index contributed by atoms with van der Waals surface area (Å²) in [5, 5.41) is 18.6. The molecule has 4 rings (SSSR count). The summed E-state index contributed by atoms with van der Waals surface area (Å²) in [6, 6.07) is 1.55. The van der Waals surface area contributed by atoms with E-state index in [1.165, 1.54) is 5.06 Å². The minimum atomic E-state index is -5.15. The van der Waals surface area contributed by atoms with E-state index in [2.05, 4.69) is 15.3 Å². The van der Waals surface area contributed by atoms with Gasteiger partial charge in [0, 0.05) is 29.6 Å². The summed E-state index contributed by atoms with van der Waals surface area (Å²) < 4.78 is 69.4. The molecule has 3 aliphatic rings. The van der Waals surface area contributed by atoms with E-state index in [9.17, 15) is 31.9 Å². The highest BCUT2D eigenvalue weighted by atomic mass is 19.4. The molecule has 1 aromatic carbocycles. The van der Waals surface area contributed by atoms with Gasteiger partial charge in [-0.3, -0.25) is 9.63 Å². The molecule has 2 aliphatic heterocycles. The van der Waals surface area contributed by atoms with E-state index in [1.54, 1.807) is 6.92 Å². The number of alkyl halides is 3. The van der Waals surface area contributed by atoms with Gasteiger partial charge in [0.05, 0.1) is 18.7 Å². The lowest BCUT2D eigenvalue weighted by Gasteiger charge is -2.48. The number of carbonyl (C=O) groups is 1. The molecular weight excluding hydrogens is 477 g/mol. The van der Waals surface area contributed by atoms with Crippen molar-refractivity contribution in [1.82, 2.24) is 10.4 Å². The highest BCUT2D eigenvalue weighted by Gasteiger charge is 2.67. The zero-order valence-electron chi connectivity index (χ0n) is 19.4. The number of hydrogen-bond donors (Lipinski definition) is 2. The van der Waals surface area contributed by atoms with Gasteiger partial charge in [-0.1, -0.05) is 12.1 Å². The number of hydroxylamine groups is 2. The van der Waals surface area contributed by atoms with E-state index in [-0.39, 0.29) is 12.0 Å². The van der Waals surface area contributed by atoms with Gasteiger partial charge in [0.25, 0.3) is 5.91 Å². The van der Waals surface area contributed by atoms with Gasteiger partial charge in [-0.15, -0.1) is 0 Å². The summed E-state index contributed by atoms with van der Waals surface area (Å²) in [5.41, 5.74) is -6.12. The van der Waals surface area contributed by atoms with Crippen LogP contribution in [0.4, 0.5) is 22.0 Å². The maximum absolute atomic E-state index is 14.1. The van der Waals surface area contributed by atoms with Crippen LogP contribution in [0.25, 0.3) is 0 Å². The fraction of sp³-hybridized carbons (Fsp3) is 0.652. The first kappa shape index (κ1) is 25.8. The van der Waals surface area contributed by atoms with Crippen LogP contribution in [-0.2, 0) is 14.5 Å². The first-order valence-electron chi connectivity index (χ1n) is 11.5. The first-order valence-corrected chi connectivity index (χ1v) is 11.5.